The van der Waals surface area contributed by atoms with E-state index in [2.05, 4.69) is 41.4 Å². The lowest BCUT2D eigenvalue weighted by Gasteiger charge is -2.38. The Bertz CT molecular complexity index is 384. The maximum absolute atomic E-state index is 10.3. The molecule has 100 valence electrons. The third-order valence-corrected chi connectivity index (χ3v) is 3.78. The summed E-state index contributed by atoms with van der Waals surface area (Å²) in [6.07, 6.45) is 1.72. The SMILES string of the molecule is CNCC1(O)CCN(Cc2cccc(C)c2)CC1. The highest BCUT2D eigenvalue weighted by Gasteiger charge is 2.31. The van der Waals surface area contributed by atoms with E-state index in [4.69, 9.17) is 0 Å². The van der Waals surface area contributed by atoms with Gasteiger partial charge in [0.1, 0.15) is 0 Å². The van der Waals surface area contributed by atoms with Gasteiger partial charge >= 0.3 is 0 Å². The minimum Gasteiger partial charge on any atom is -0.388 e. The smallest absolute Gasteiger partial charge is 0.0795 e. The molecule has 1 aliphatic rings. The van der Waals surface area contributed by atoms with Crippen LogP contribution in [0.5, 0.6) is 0 Å². The second-order valence-electron chi connectivity index (χ2n) is 5.52. The van der Waals surface area contributed by atoms with Gasteiger partial charge in [-0.05, 0) is 32.4 Å². The van der Waals surface area contributed by atoms with E-state index in [-0.39, 0.29) is 0 Å². The predicted molar refractivity (Wildman–Crippen MR) is 74.6 cm³/mol. The topological polar surface area (TPSA) is 35.5 Å². The van der Waals surface area contributed by atoms with Gasteiger partial charge < -0.3 is 10.4 Å². The number of likely N-dealkylation sites (N-methyl/N-ethyl adjacent to an activating group) is 1. The highest BCUT2D eigenvalue weighted by molar-refractivity contribution is 5.22. The fourth-order valence-electron chi connectivity index (χ4n) is 2.70. The van der Waals surface area contributed by atoms with Gasteiger partial charge in [0.25, 0.3) is 0 Å². The number of hydrogen-bond acceptors (Lipinski definition) is 3. The first-order valence-corrected chi connectivity index (χ1v) is 6.76. The molecule has 1 saturated heterocycles. The van der Waals surface area contributed by atoms with Crippen LogP contribution in [0, 0.1) is 6.92 Å². The van der Waals surface area contributed by atoms with Gasteiger partial charge in [-0.25, -0.2) is 0 Å². The Morgan fingerprint density at radius 1 is 1.33 bits per heavy atom. The maximum atomic E-state index is 10.3. The van der Waals surface area contributed by atoms with Gasteiger partial charge in [-0.15, -0.1) is 0 Å². The molecule has 2 rings (SSSR count). The molecular formula is C15H24N2O. The van der Waals surface area contributed by atoms with Crippen molar-refractivity contribution in [3.8, 4) is 0 Å². The Labute approximate surface area is 110 Å². The molecule has 1 aliphatic heterocycles. The zero-order chi connectivity index (χ0) is 13.0. The summed E-state index contributed by atoms with van der Waals surface area (Å²) in [4.78, 5) is 2.43. The molecule has 0 saturated carbocycles. The number of nitrogens with zero attached hydrogens (tertiary/aromatic N) is 1. The van der Waals surface area contributed by atoms with E-state index in [9.17, 15) is 5.11 Å². The van der Waals surface area contributed by atoms with E-state index >= 15 is 0 Å². The fraction of sp³-hybridized carbons (Fsp3) is 0.600. The van der Waals surface area contributed by atoms with Crippen molar-refractivity contribution in [2.75, 3.05) is 26.7 Å². The Kier molecular flexibility index (Phi) is 4.38. The monoisotopic (exact) mass is 248 g/mol. The first-order chi connectivity index (χ1) is 8.61. The summed E-state index contributed by atoms with van der Waals surface area (Å²) >= 11 is 0. The van der Waals surface area contributed by atoms with Crippen LogP contribution in [0.1, 0.15) is 24.0 Å². The second-order valence-corrected chi connectivity index (χ2v) is 5.52. The number of benzene rings is 1. The largest absolute Gasteiger partial charge is 0.388 e. The van der Waals surface area contributed by atoms with Crippen LogP contribution in [-0.2, 0) is 6.54 Å². The number of rotatable bonds is 4. The zero-order valence-electron chi connectivity index (χ0n) is 11.4. The van der Waals surface area contributed by atoms with Crippen LogP contribution >= 0.6 is 0 Å². The normalized spacial score (nSPS) is 19.9. The van der Waals surface area contributed by atoms with Crippen molar-refractivity contribution in [1.82, 2.24) is 10.2 Å². The number of aliphatic hydroxyl groups is 1. The summed E-state index contributed by atoms with van der Waals surface area (Å²) in [5, 5.41) is 13.4. The van der Waals surface area contributed by atoms with Crippen molar-refractivity contribution in [3.05, 3.63) is 35.4 Å². The lowest BCUT2D eigenvalue weighted by Crippen LogP contribution is -2.49. The molecule has 0 radical (unpaired) electrons. The summed E-state index contributed by atoms with van der Waals surface area (Å²) in [6.45, 7) is 5.78. The van der Waals surface area contributed by atoms with Gasteiger partial charge in [-0.2, -0.15) is 0 Å². The van der Waals surface area contributed by atoms with Crippen LogP contribution in [0.2, 0.25) is 0 Å². The molecule has 18 heavy (non-hydrogen) atoms. The van der Waals surface area contributed by atoms with E-state index in [1.807, 2.05) is 7.05 Å². The van der Waals surface area contributed by atoms with Crippen LogP contribution in [0.3, 0.4) is 0 Å². The van der Waals surface area contributed by atoms with Crippen LogP contribution in [0.15, 0.2) is 24.3 Å². The Balaban J connectivity index is 1.87. The van der Waals surface area contributed by atoms with E-state index in [0.717, 1.165) is 32.5 Å². The van der Waals surface area contributed by atoms with Gasteiger partial charge in [0.15, 0.2) is 0 Å². The van der Waals surface area contributed by atoms with Crippen LogP contribution in [0.4, 0.5) is 0 Å². The molecule has 1 heterocycles. The zero-order valence-corrected chi connectivity index (χ0v) is 11.4. The highest BCUT2D eigenvalue weighted by atomic mass is 16.3. The Hall–Kier alpha value is -0.900. The highest BCUT2D eigenvalue weighted by Crippen LogP contribution is 2.22. The van der Waals surface area contributed by atoms with Gasteiger partial charge in [0.2, 0.25) is 0 Å². The number of aryl methyl sites for hydroxylation is 1. The minimum absolute atomic E-state index is 0.502. The molecule has 0 amide bonds. The molecule has 0 atom stereocenters. The van der Waals surface area contributed by atoms with Crippen molar-refractivity contribution in [3.63, 3.8) is 0 Å². The molecule has 3 heteroatoms. The molecule has 2 N–H and O–H groups in total. The van der Waals surface area contributed by atoms with Crippen molar-refractivity contribution in [2.45, 2.75) is 31.9 Å². The van der Waals surface area contributed by atoms with Crippen molar-refractivity contribution >= 4 is 0 Å². The lowest BCUT2D eigenvalue weighted by atomic mass is 9.91. The number of hydrogen-bond donors (Lipinski definition) is 2. The van der Waals surface area contributed by atoms with E-state index in [1.54, 1.807) is 0 Å². The maximum Gasteiger partial charge on any atom is 0.0795 e. The van der Waals surface area contributed by atoms with Crippen molar-refractivity contribution in [1.29, 1.82) is 0 Å². The van der Waals surface area contributed by atoms with Crippen molar-refractivity contribution < 1.29 is 5.11 Å². The molecule has 0 aromatic heterocycles. The Morgan fingerprint density at radius 3 is 2.67 bits per heavy atom. The molecule has 1 aromatic rings. The fourth-order valence-corrected chi connectivity index (χ4v) is 2.70. The van der Waals surface area contributed by atoms with Gasteiger partial charge in [0, 0.05) is 26.2 Å². The molecule has 0 aliphatic carbocycles. The van der Waals surface area contributed by atoms with Gasteiger partial charge in [0.05, 0.1) is 5.60 Å². The van der Waals surface area contributed by atoms with E-state index in [1.165, 1.54) is 11.1 Å². The summed E-state index contributed by atoms with van der Waals surface area (Å²) < 4.78 is 0. The minimum atomic E-state index is -0.502. The third-order valence-electron chi connectivity index (χ3n) is 3.78. The van der Waals surface area contributed by atoms with E-state index in [0.29, 0.717) is 6.54 Å². The summed E-state index contributed by atoms with van der Waals surface area (Å²) in [5.41, 5.74) is 2.18. The van der Waals surface area contributed by atoms with Crippen LogP contribution in [0.25, 0.3) is 0 Å². The average Bonchev–Trinajstić information content (AvgIpc) is 2.33. The molecule has 1 fully saturated rings. The molecular weight excluding hydrogens is 224 g/mol. The van der Waals surface area contributed by atoms with Crippen molar-refractivity contribution in [2.24, 2.45) is 0 Å². The Morgan fingerprint density at radius 2 is 2.06 bits per heavy atom. The molecule has 0 spiro atoms. The standard InChI is InChI=1S/C15H24N2O/c1-13-4-3-5-14(10-13)11-17-8-6-15(18,7-9-17)12-16-2/h3-5,10,16,18H,6-9,11-12H2,1-2H3. The molecule has 0 bridgehead atoms. The van der Waals surface area contributed by atoms with Crippen LogP contribution in [-0.4, -0.2) is 42.3 Å². The van der Waals surface area contributed by atoms with E-state index < -0.39 is 5.60 Å². The predicted octanol–water partition coefficient (Wildman–Crippen LogP) is 1.54. The summed E-state index contributed by atoms with van der Waals surface area (Å²) in [7, 11) is 1.90. The second kappa shape index (κ2) is 5.83. The number of piperidine rings is 1. The molecule has 0 unspecified atom stereocenters. The lowest BCUT2D eigenvalue weighted by molar-refractivity contribution is -0.0203. The molecule has 1 aromatic carbocycles. The van der Waals surface area contributed by atoms with Gasteiger partial charge in [-0.1, -0.05) is 29.8 Å². The summed E-state index contributed by atoms with van der Waals surface area (Å²) in [6, 6.07) is 8.67. The average molecular weight is 248 g/mol. The first-order valence-electron chi connectivity index (χ1n) is 6.76. The number of nitrogens with one attached hydrogen (secondary N) is 1. The van der Waals surface area contributed by atoms with Gasteiger partial charge in [-0.3, -0.25) is 4.90 Å². The quantitative estimate of drug-likeness (QED) is 0.848. The van der Waals surface area contributed by atoms with Crippen LogP contribution < -0.4 is 5.32 Å². The first kappa shape index (κ1) is 13.5. The number of likely N-dealkylation sites (tertiary alicyclic amines) is 1. The molecule has 3 nitrogen and oxygen atoms in total. The third kappa shape index (κ3) is 3.55. The summed E-state index contributed by atoms with van der Waals surface area (Å²) in [5.74, 6) is 0.